The van der Waals surface area contributed by atoms with E-state index in [9.17, 15) is 4.79 Å². The van der Waals surface area contributed by atoms with E-state index in [2.05, 4.69) is 17.6 Å². The van der Waals surface area contributed by atoms with Crippen LogP contribution in [0, 0.1) is 5.92 Å². The number of halogens is 1. The average molecular weight is 297 g/mol. The number of ether oxygens (including phenoxy) is 1. The van der Waals surface area contributed by atoms with Gasteiger partial charge in [-0.3, -0.25) is 4.79 Å². The molecular weight excluding hydrogens is 276 g/mol. The van der Waals surface area contributed by atoms with Crippen molar-refractivity contribution < 1.29 is 9.53 Å². The lowest BCUT2D eigenvalue weighted by Gasteiger charge is -2.27. The lowest BCUT2D eigenvalue weighted by molar-refractivity contribution is -0.120. The summed E-state index contributed by atoms with van der Waals surface area (Å²) in [7, 11) is 0. The Hall–Kier alpha value is -1.10. The fraction of sp³-hybridized carbons (Fsp3) is 0.533. The van der Waals surface area contributed by atoms with Gasteiger partial charge in [-0.15, -0.1) is 12.4 Å². The molecule has 2 aliphatic heterocycles. The number of hydrogen-bond donors (Lipinski definition) is 2. The van der Waals surface area contributed by atoms with Crippen LogP contribution in [0.2, 0.25) is 0 Å². The zero-order valence-corrected chi connectivity index (χ0v) is 12.5. The molecule has 1 fully saturated rings. The van der Waals surface area contributed by atoms with E-state index in [1.54, 1.807) is 0 Å². The molecule has 2 atom stereocenters. The third kappa shape index (κ3) is 3.32. The molecule has 0 radical (unpaired) electrons. The van der Waals surface area contributed by atoms with Gasteiger partial charge in [-0.25, -0.2) is 0 Å². The Balaban J connectivity index is 0.00000147. The van der Waals surface area contributed by atoms with Gasteiger partial charge in [0.15, 0.2) is 0 Å². The first-order valence-electron chi connectivity index (χ1n) is 6.96. The van der Waals surface area contributed by atoms with Crippen molar-refractivity contribution in [2.75, 3.05) is 11.9 Å². The summed E-state index contributed by atoms with van der Waals surface area (Å²) in [6, 6.07) is 6.47. The summed E-state index contributed by atoms with van der Waals surface area (Å²) in [6.07, 6.45) is 1.84. The van der Waals surface area contributed by atoms with Gasteiger partial charge in [0.05, 0.1) is 13.2 Å². The van der Waals surface area contributed by atoms with Crippen LogP contribution in [0.1, 0.15) is 30.9 Å². The van der Waals surface area contributed by atoms with E-state index in [4.69, 9.17) is 4.74 Å². The fourth-order valence-corrected chi connectivity index (χ4v) is 2.86. The zero-order valence-electron chi connectivity index (χ0n) is 11.6. The number of anilines is 1. The molecule has 1 aromatic rings. The average Bonchev–Trinajstić information content (AvgIpc) is 2.86. The molecule has 1 saturated heterocycles. The minimum atomic E-state index is 0. The van der Waals surface area contributed by atoms with E-state index in [-0.39, 0.29) is 24.2 Å². The van der Waals surface area contributed by atoms with Crippen LogP contribution in [0.4, 0.5) is 5.69 Å². The van der Waals surface area contributed by atoms with Crippen molar-refractivity contribution in [2.24, 2.45) is 5.92 Å². The van der Waals surface area contributed by atoms with Gasteiger partial charge in [-0.05, 0) is 49.6 Å². The minimum absolute atomic E-state index is 0. The van der Waals surface area contributed by atoms with Crippen molar-refractivity contribution in [3.8, 4) is 0 Å². The summed E-state index contributed by atoms with van der Waals surface area (Å²) >= 11 is 0. The number of rotatable bonds is 2. The minimum Gasteiger partial charge on any atom is -0.372 e. The third-order valence-electron chi connectivity index (χ3n) is 3.98. The molecule has 2 aliphatic rings. The summed E-state index contributed by atoms with van der Waals surface area (Å²) in [5.41, 5.74) is 3.31. The number of piperidine rings is 1. The smallest absolute Gasteiger partial charge is 0.227 e. The number of benzene rings is 1. The Kier molecular flexibility index (Phi) is 5.02. The van der Waals surface area contributed by atoms with Crippen molar-refractivity contribution in [3.05, 3.63) is 29.3 Å². The Bertz CT molecular complexity index is 493. The maximum Gasteiger partial charge on any atom is 0.227 e. The number of hydrogen-bond acceptors (Lipinski definition) is 3. The molecule has 5 heteroatoms. The molecule has 4 nitrogen and oxygen atoms in total. The van der Waals surface area contributed by atoms with Gasteiger partial charge >= 0.3 is 0 Å². The maximum absolute atomic E-state index is 12.2. The van der Waals surface area contributed by atoms with Crippen LogP contribution < -0.4 is 10.6 Å². The van der Waals surface area contributed by atoms with Crippen LogP contribution in [0.3, 0.4) is 0 Å². The fourth-order valence-electron chi connectivity index (χ4n) is 2.86. The van der Waals surface area contributed by atoms with Crippen LogP contribution >= 0.6 is 12.4 Å². The largest absolute Gasteiger partial charge is 0.372 e. The number of fused-ring (bicyclic) bond motifs is 1. The predicted molar refractivity (Wildman–Crippen MR) is 81.0 cm³/mol. The second kappa shape index (κ2) is 6.57. The molecule has 0 saturated carbocycles. The second-order valence-electron chi connectivity index (χ2n) is 5.54. The quantitative estimate of drug-likeness (QED) is 0.881. The van der Waals surface area contributed by atoms with Gasteiger partial charge in [0, 0.05) is 17.6 Å². The lowest BCUT2D eigenvalue weighted by Crippen LogP contribution is -2.40. The Morgan fingerprint density at radius 1 is 1.35 bits per heavy atom. The van der Waals surface area contributed by atoms with Gasteiger partial charge < -0.3 is 15.4 Å². The number of amides is 1. The zero-order chi connectivity index (χ0) is 13.2. The molecule has 0 aromatic heterocycles. The normalized spacial score (nSPS) is 24.6. The molecule has 1 amide bonds. The first-order valence-corrected chi connectivity index (χ1v) is 6.96. The molecular formula is C15H21ClN2O2. The molecule has 0 spiro atoms. The topological polar surface area (TPSA) is 50.4 Å². The third-order valence-corrected chi connectivity index (χ3v) is 3.98. The molecule has 0 unspecified atom stereocenters. The molecule has 0 bridgehead atoms. The number of nitrogens with one attached hydrogen (secondary N) is 2. The number of carbonyl (C=O) groups excluding carboxylic acids is 1. The second-order valence-corrected chi connectivity index (χ2v) is 5.54. The van der Waals surface area contributed by atoms with Crippen molar-refractivity contribution in [1.82, 2.24) is 5.32 Å². The highest BCUT2D eigenvalue weighted by atomic mass is 35.5. The Labute approximate surface area is 125 Å². The molecule has 1 aromatic carbocycles. The molecule has 2 N–H and O–H groups in total. The van der Waals surface area contributed by atoms with E-state index >= 15 is 0 Å². The summed E-state index contributed by atoms with van der Waals surface area (Å²) in [4.78, 5) is 12.2. The van der Waals surface area contributed by atoms with Crippen molar-refractivity contribution in [3.63, 3.8) is 0 Å². The number of carbonyl (C=O) groups is 1. The van der Waals surface area contributed by atoms with Crippen LogP contribution in [0.5, 0.6) is 0 Å². The molecule has 3 rings (SSSR count). The standard InChI is InChI=1S/C15H20N2O2.ClH/c1-10-6-11(4-5-16-10)15(18)17-14-3-2-12-8-19-9-13(12)7-14;/h2-3,7,10-11,16H,4-6,8-9H2,1H3,(H,17,18);1H/t10-,11-;/m0./s1. The van der Waals surface area contributed by atoms with Crippen LogP contribution in [0.15, 0.2) is 18.2 Å². The Morgan fingerprint density at radius 3 is 2.95 bits per heavy atom. The Morgan fingerprint density at radius 2 is 2.15 bits per heavy atom. The van der Waals surface area contributed by atoms with Crippen molar-refractivity contribution >= 4 is 24.0 Å². The van der Waals surface area contributed by atoms with E-state index < -0.39 is 0 Å². The van der Waals surface area contributed by atoms with Gasteiger partial charge in [0.2, 0.25) is 5.91 Å². The highest BCUT2D eigenvalue weighted by molar-refractivity contribution is 5.92. The van der Waals surface area contributed by atoms with E-state index in [0.29, 0.717) is 19.3 Å². The monoisotopic (exact) mass is 296 g/mol. The lowest BCUT2D eigenvalue weighted by atomic mass is 9.92. The maximum atomic E-state index is 12.2. The molecule has 20 heavy (non-hydrogen) atoms. The first-order chi connectivity index (χ1) is 9.22. The van der Waals surface area contributed by atoms with E-state index in [0.717, 1.165) is 25.1 Å². The van der Waals surface area contributed by atoms with Crippen molar-refractivity contribution in [1.29, 1.82) is 0 Å². The highest BCUT2D eigenvalue weighted by Crippen LogP contribution is 2.24. The summed E-state index contributed by atoms with van der Waals surface area (Å²) < 4.78 is 5.38. The first kappa shape index (κ1) is 15.3. The summed E-state index contributed by atoms with van der Waals surface area (Å²) in [5, 5.41) is 6.41. The molecule has 0 aliphatic carbocycles. The SMILES string of the molecule is C[C@H]1C[C@@H](C(=O)Nc2ccc3c(c2)COC3)CCN1.Cl. The van der Waals surface area contributed by atoms with Gasteiger partial charge in [-0.1, -0.05) is 6.07 Å². The van der Waals surface area contributed by atoms with Gasteiger partial charge in [0.1, 0.15) is 0 Å². The summed E-state index contributed by atoms with van der Waals surface area (Å²) in [6.45, 7) is 4.41. The molecule has 2 heterocycles. The predicted octanol–water partition coefficient (Wildman–Crippen LogP) is 2.47. The molecule has 110 valence electrons. The highest BCUT2D eigenvalue weighted by Gasteiger charge is 2.24. The van der Waals surface area contributed by atoms with Crippen molar-refractivity contribution in [2.45, 2.75) is 39.0 Å². The van der Waals surface area contributed by atoms with Crippen LogP contribution in [-0.4, -0.2) is 18.5 Å². The summed E-state index contributed by atoms with van der Waals surface area (Å²) in [5.74, 6) is 0.271. The van der Waals surface area contributed by atoms with Crippen LogP contribution in [0.25, 0.3) is 0 Å². The van der Waals surface area contributed by atoms with Gasteiger partial charge in [-0.2, -0.15) is 0 Å². The van der Waals surface area contributed by atoms with E-state index in [1.807, 2.05) is 18.2 Å². The van der Waals surface area contributed by atoms with Gasteiger partial charge in [0.25, 0.3) is 0 Å². The van der Waals surface area contributed by atoms with Crippen LogP contribution in [-0.2, 0) is 22.7 Å². The van der Waals surface area contributed by atoms with E-state index in [1.165, 1.54) is 11.1 Å².